The number of rotatable bonds is 6. The van der Waals surface area contributed by atoms with Crippen LogP contribution in [-0.4, -0.2) is 42.0 Å². The molecule has 0 saturated carbocycles. The number of H-pyrrole nitrogens is 1. The van der Waals surface area contributed by atoms with Crippen molar-refractivity contribution in [3.05, 3.63) is 146 Å². The fourth-order valence-electron chi connectivity index (χ4n) is 7.03. The number of fused-ring (bicyclic) bond motifs is 1. The van der Waals surface area contributed by atoms with Gasteiger partial charge < -0.3 is 14.5 Å². The summed E-state index contributed by atoms with van der Waals surface area (Å²) in [7, 11) is 3.06. The lowest BCUT2D eigenvalue weighted by Crippen LogP contribution is -2.67. The van der Waals surface area contributed by atoms with Crippen molar-refractivity contribution in [2.75, 3.05) is 14.2 Å². The molecule has 0 radical (unpaired) electrons. The second kappa shape index (κ2) is 13.0. The number of aromatic amines is 1. The van der Waals surface area contributed by atoms with Gasteiger partial charge in [-0.3, -0.25) is 20.2 Å². The number of aromatic nitrogens is 2. The van der Waals surface area contributed by atoms with Crippen molar-refractivity contribution >= 4 is 52.7 Å². The fourth-order valence-corrected chi connectivity index (χ4v) is 7.28. The van der Waals surface area contributed by atoms with E-state index >= 15 is 0 Å². The van der Waals surface area contributed by atoms with Crippen LogP contribution in [0.3, 0.4) is 0 Å². The summed E-state index contributed by atoms with van der Waals surface area (Å²) in [5.74, 6) is -2.77. The van der Waals surface area contributed by atoms with E-state index in [1.54, 1.807) is 103 Å². The normalized spacial score (nSPS) is 18.7. The van der Waals surface area contributed by atoms with Crippen molar-refractivity contribution in [1.29, 1.82) is 0 Å². The van der Waals surface area contributed by atoms with Crippen LogP contribution in [-0.2, 0) is 9.59 Å². The number of imide groups is 2. The molecule has 1 aliphatic carbocycles. The molecule has 7 rings (SSSR count). The highest BCUT2D eigenvalue weighted by atomic mass is 35.5. The molecule has 1 aliphatic heterocycles. The SMILES string of the molecule is COc1ccc(C2/C(=C/c3ccc(Cl)cc3)c3nc(=O)[nH]c(-c4ccc(Cl)cc4)c3C(c3ccc(OC)cc3)C23C(=O)NC(=O)NC3=O)cc1. The molecule has 0 bridgehead atoms. The molecular weight excluding hydrogens is 679 g/mol. The average molecular weight is 708 g/mol. The third-order valence-electron chi connectivity index (χ3n) is 9.18. The lowest BCUT2D eigenvalue weighted by atomic mass is 9.52. The van der Waals surface area contributed by atoms with Gasteiger partial charge in [0.15, 0.2) is 5.41 Å². The quantitative estimate of drug-likeness (QED) is 0.170. The minimum absolute atomic E-state index is 0.262. The van der Waals surface area contributed by atoms with E-state index in [4.69, 9.17) is 32.7 Å². The van der Waals surface area contributed by atoms with E-state index in [0.717, 1.165) is 0 Å². The highest BCUT2D eigenvalue weighted by Gasteiger charge is 2.65. The van der Waals surface area contributed by atoms with Crippen molar-refractivity contribution in [2.45, 2.75) is 11.8 Å². The zero-order chi connectivity index (χ0) is 35.2. The number of amides is 4. The summed E-state index contributed by atoms with van der Waals surface area (Å²) in [5.41, 5.74) is 0.938. The highest BCUT2D eigenvalue weighted by molar-refractivity contribution is 6.31. The minimum Gasteiger partial charge on any atom is -0.497 e. The molecule has 3 N–H and O–H groups in total. The summed E-state index contributed by atoms with van der Waals surface area (Å²) in [5, 5.41) is 5.77. The molecular formula is C38H28Cl2N4O6. The van der Waals surface area contributed by atoms with E-state index in [-0.39, 0.29) is 5.69 Å². The first-order valence-corrected chi connectivity index (χ1v) is 16.2. The Balaban J connectivity index is 1.68. The van der Waals surface area contributed by atoms with E-state index in [0.29, 0.717) is 60.6 Å². The molecule has 2 atom stereocenters. The molecule has 250 valence electrons. The first-order valence-electron chi connectivity index (χ1n) is 15.5. The summed E-state index contributed by atoms with van der Waals surface area (Å²) in [4.78, 5) is 63.4. The van der Waals surface area contributed by atoms with Gasteiger partial charge in [0.05, 0.1) is 25.6 Å². The number of nitrogens with zero attached hydrogens (tertiary/aromatic N) is 1. The molecule has 5 aromatic rings. The van der Waals surface area contributed by atoms with Crippen LogP contribution >= 0.6 is 23.2 Å². The molecule has 1 spiro atoms. The molecule has 2 unspecified atom stereocenters. The van der Waals surface area contributed by atoms with Crippen LogP contribution < -0.4 is 25.8 Å². The topological polar surface area (TPSA) is 139 Å². The summed E-state index contributed by atoms with van der Waals surface area (Å²) in [6, 6.07) is 26.7. The maximum Gasteiger partial charge on any atom is 0.345 e. The van der Waals surface area contributed by atoms with Crippen molar-refractivity contribution in [2.24, 2.45) is 5.41 Å². The third-order valence-corrected chi connectivity index (χ3v) is 9.69. The zero-order valence-corrected chi connectivity index (χ0v) is 28.1. The first kappa shape index (κ1) is 32.8. The molecule has 1 fully saturated rings. The molecule has 2 heterocycles. The van der Waals surface area contributed by atoms with Gasteiger partial charge in [0.25, 0.3) is 0 Å². The Hall–Kier alpha value is -5.71. The van der Waals surface area contributed by atoms with Crippen molar-refractivity contribution < 1.29 is 23.9 Å². The van der Waals surface area contributed by atoms with Crippen LogP contribution in [0.4, 0.5) is 4.79 Å². The fraction of sp³-hybridized carbons (Fsp3) is 0.132. The van der Waals surface area contributed by atoms with Crippen molar-refractivity contribution in [3.63, 3.8) is 0 Å². The number of methoxy groups -OCH3 is 2. The van der Waals surface area contributed by atoms with Crippen LogP contribution in [0.25, 0.3) is 22.9 Å². The Labute approximate surface area is 296 Å². The molecule has 4 aromatic carbocycles. The standard InChI is InChI=1S/C38H28Cl2N4O6/c1-49-26-15-7-21(8-16-26)30-28(19-20-3-11-24(39)12-4-20)33-29(32(41-36(47)42-33)23-5-13-25(40)14-6-23)31(22-9-17-27(50-2)18-10-22)38(30)34(45)43-37(48)44-35(38)46/h3-19,30-31H,1-2H3,(H,41,42,47)(H2,43,44,45,46,48)/b28-19-. The molecule has 12 heteroatoms. The molecule has 4 amide bonds. The van der Waals surface area contributed by atoms with Crippen LogP contribution in [0.5, 0.6) is 11.5 Å². The van der Waals surface area contributed by atoms with E-state index < -0.39 is 40.8 Å². The number of ether oxygens (including phenoxy) is 2. The van der Waals surface area contributed by atoms with Gasteiger partial charge in [-0.25, -0.2) is 9.59 Å². The van der Waals surface area contributed by atoms with Crippen LogP contribution in [0.15, 0.2) is 102 Å². The van der Waals surface area contributed by atoms with Gasteiger partial charge in [0.1, 0.15) is 11.5 Å². The van der Waals surface area contributed by atoms with E-state index in [2.05, 4.69) is 20.6 Å². The van der Waals surface area contributed by atoms with Gasteiger partial charge in [-0.2, -0.15) is 4.98 Å². The Morgan fingerprint density at radius 1 is 0.680 bits per heavy atom. The molecule has 2 aliphatic rings. The van der Waals surface area contributed by atoms with Gasteiger partial charge >= 0.3 is 11.7 Å². The van der Waals surface area contributed by atoms with Gasteiger partial charge in [0.2, 0.25) is 11.8 Å². The number of halogens is 2. The van der Waals surface area contributed by atoms with Gasteiger partial charge in [-0.1, -0.05) is 71.7 Å². The molecule has 1 aromatic heterocycles. The minimum atomic E-state index is -2.05. The second-order valence-electron chi connectivity index (χ2n) is 11.9. The number of hydrogen-bond acceptors (Lipinski definition) is 7. The number of urea groups is 1. The maximum atomic E-state index is 14.8. The predicted octanol–water partition coefficient (Wildman–Crippen LogP) is 6.58. The van der Waals surface area contributed by atoms with E-state index in [9.17, 15) is 19.2 Å². The lowest BCUT2D eigenvalue weighted by Gasteiger charge is -2.50. The lowest BCUT2D eigenvalue weighted by molar-refractivity contribution is -0.146. The highest BCUT2D eigenvalue weighted by Crippen LogP contribution is 2.62. The number of benzene rings is 4. The maximum absolute atomic E-state index is 14.8. The Kier molecular flexibility index (Phi) is 8.51. The Morgan fingerprint density at radius 2 is 1.18 bits per heavy atom. The number of barbiturate groups is 1. The molecule has 10 nitrogen and oxygen atoms in total. The molecule has 1 saturated heterocycles. The summed E-state index contributed by atoms with van der Waals surface area (Å²) in [6.07, 6.45) is 1.78. The summed E-state index contributed by atoms with van der Waals surface area (Å²) in [6.45, 7) is 0. The molecule has 50 heavy (non-hydrogen) atoms. The van der Waals surface area contributed by atoms with Gasteiger partial charge in [-0.05, 0) is 82.4 Å². The van der Waals surface area contributed by atoms with E-state index in [1.807, 2.05) is 0 Å². The summed E-state index contributed by atoms with van der Waals surface area (Å²) < 4.78 is 10.9. The Bertz CT molecular complexity index is 2210. The predicted molar refractivity (Wildman–Crippen MR) is 189 cm³/mol. The number of nitrogens with one attached hydrogen (secondary N) is 3. The largest absolute Gasteiger partial charge is 0.497 e. The number of carbonyl (C=O) groups excluding carboxylic acids is 3. The third kappa shape index (κ3) is 5.52. The number of carbonyl (C=O) groups is 3. The van der Waals surface area contributed by atoms with Crippen LogP contribution in [0, 0.1) is 5.41 Å². The first-order chi connectivity index (χ1) is 24.1. The summed E-state index contributed by atoms with van der Waals surface area (Å²) >= 11 is 12.5. The smallest absolute Gasteiger partial charge is 0.345 e. The van der Waals surface area contributed by atoms with E-state index in [1.165, 1.54) is 14.2 Å². The number of allylic oxidation sites excluding steroid dienone is 1. The Morgan fingerprint density at radius 3 is 1.70 bits per heavy atom. The van der Waals surface area contributed by atoms with Crippen molar-refractivity contribution in [3.8, 4) is 22.8 Å². The van der Waals surface area contributed by atoms with Crippen LogP contribution in [0.2, 0.25) is 10.0 Å². The van der Waals surface area contributed by atoms with Crippen LogP contribution in [0.1, 0.15) is 39.8 Å². The average Bonchev–Trinajstić information content (AvgIpc) is 3.12. The van der Waals surface area contributed by atoms with Gasteiger partial charge in [-0.15, -0.1) is 0 Å². The zero-order valence-electron chi connectivity index (χ0n) is 26.6. The second-order valence-corrected chi connectivity index (χ2v) is 12.7. The monoisotopic (exact) mass is 706 g/mol. The van der Waals surface area contributed by atoms with Crippen molar-refractivity contribution in [1.82, 2.24) is 20.6 Å². The number of hydrogen-bond donors (Lipinski definition) is 3. The van der Waals surface area contributed by atoms with Gasteiger partial charge in [0, 0.05) is 27.4 Å².